The van der Waals surface area contributed by atoms with Crippen molar-refractivity contribution >= 4 is 17.0 Å². The average molecular weight is 310 g/mol. The van der Waals surface area contributed by atoms with Crippen LogP contribution in [0.15, 0.2) is 46.2 Å². The SMILES string of the molecule is Cc1oc(-c2cccs2)nc1CN1CCCc2ccccc21. The first kappa shape index (κ1) is 13.6. The van der Waals surface area contributed by atoms with E-state index in [1.165, 1.54) is 24.1 Å². The lowest BCUT2D eigenvalue weighted by molar-refractivity contribution is 0.539. The number of para-hydroxylation sites is 1. The van der Waals surface area contributed by atoms with E-state index >= 15 is 0 Å². The van der Waals surface area contributed by atoms with E-state index in [2.05, 4.69) is 40.6 Å². The maximum absolute atomic E-state index is 5.86. The van der Waals surface area contributed by atoms with Gasteiger partial charge in [0.2, 0.25) is 5.89 Å². The largest absolute Gasteiger partial charge is 0.440 e. The number of rotatable bonds is 3. The third-order valence-electron chi connectivity index (χ3n) is 4.17. The molecular formula is C18H18N2OS. The molecule has 0 saturated carbocycles. The Balaban J connectivity index is 1.62. The second kappa shape index (κ2) is 5.61. The van der Waals surface area contributed by atoms with Gasteiger partial charge in [-0.1, -0.05) is 24.3 Å². The van der Waals surface area contributed by atoms with Crippen LogP contribution < -0.4 is 4.90 Å². The van der Waals surface area contributed by atoms with Gasteiger partial charge in [-0.3, -0.25) is 0 Å². The fourth-order valence-electron chi connectivity index (χ4n) is 3.04. The fourth-order valence-corrected chi connectivity index (χ4v) is 3.69. The standard InChI is InChI=1S/C18H18N2OS/c1-13-15(19-18(21-13)17-9-5-11-22-17)12-20-10-4-7-14-6-2-3-8-16(14)20/h2-3,5-6,8-9,11H,4,7,10,12H2,1H3. The molecule has 3 aromatic rings. The van der Waals surface area contributed by atoms with Crippen LogP contribution >= 0.6 is 11.3 Å². The molecule has 0 atom stereocenters. The fraction of sp³-hybridized carbons (Fsp3) is 0.278. The predicted octanol–water partition coefficient (Wildman–Crippen LogP) is 4.66. The highest BCUT2D eigenvalue weighted by molar-refractivity contribution is 7.13. The lowest BCUT2D eigenvalue weighted by Crippen LogP contribution is -2.29. The normalized spacial score (nSPS) is 14.1. The molecule has 3 heterocycles. The van der Waals surface area contributed by atoms with Crippen molar-refractivity contribution in [3.63, 3.8) is 0 Å². The topological polar surface area (TPSA) is 29.3 Å². The molecule has 2 aromatic heterocycles. The van der Waals surface area contributed by atoms with E-state index in [9.17, 15) is 0 Å². The summed E-state index contributed by atoms with van der Waals surface area (Å²) in [5, 5.41) is 2.05. The number of hydrogen-bond acceptors (Lipinski definition) is 4. The first-order valence-electron chi connectivity index (χ1n) is 7.64. The third kappa shape index (κ3) is 2.44. The van der Waals surface area contributed by atoms with Gasteiger partial charge in [0, 0.05) is 12.2 Å². The summed E-state index contributed by atoms with van der Waals surface area (Å²) in [6, 6.07) is 12.8. The van der Waals surface area contributed by atoms with Gasteiger partial charge in [0.1, 0.15) is 11.5 Å². The maximum atomic E-state index is 5.86. The highest BCUT2D eigenvalue weighted by Crippen LogP contribution is 2.30. The van der Waals surface area contributed by atoms with Gasteiger partial charge >= 0.3 is 0 Å². The van der Waals surface area contributed by atoms with Crippen LogP contribution in [-0.4, -0.2) is 11.5 Å². The summed E-state index contributed by atoms with van der Waals surface area (Å²) in [5.41, 5.74) is 3.82. The van der Waals surface area contributed by atoms with E-state index in [-0.39, 0.29) is 0 Å². The monoisotopic (exact) mass is 310 g/mol. The number of aryl methyl sites for hydroxylation is 2. The van der Waals surface area contributed by atoms with Crippen LogP contribution in [0.3, 0.4) is 0 Å². The van der Waals surface area contributed by atoms with Crippen LogP contribution in [0.2, 0.25) is 0 Å². The first-order chi connectivity index (χ1) is 10.8. The number of aromatic nitrogens is 1. The number of nitrogens with zero attached hydrogens (tertiary/aromatic N) is 2. The van der Waals surface area contributed by atoms with E-state index < -0.39 is 0 Å². The molecule has 0 bridgehead atoms. The van der Waals surface area contributed by atoms with Crippen LogP contribution in [0.1, 0.15) is 23.4 Å². The van der Waals surface area contributed by atoms with Gasteiger partial charge < -0.3 is 9.32 Å². The molecule has 112 valence electrons. The second-order valence-electron chi connectivity index (χ2n) is 5.65. The van der Waals surface area contributed by atoms with E-state index in [1.807, 2.05) is 13.0 Å². The molecule has 0 fully saturated rings. The minimum atomic E-state index is 0.743. The van der Waals surface area contributed by atoms with Gasteiger partial charge in [0.15, 0.2) is 0 Å². The van der Waals surface area contributed by atoms with E-state index in [0.29, 0.717) is 0 Å². The molecule has 0 N–H and O–H groups in total. The summed E-state index contributed by atoms with van der Waals surface area (Å²) in [7, 11) is 0. The summed E-state index contributed by atoms with van der Waals surface area (Å²) < 4.78 is 5.86. The molecule has 22 heavy (non-hydrogen) atoms. The summed E-state index contributed by atoms with van der Waals surface area (Å²) in [6.07, 6.45) is 2.37. The summed E-state index contributed by atoms with van der Waals surface area (Å²) in [6.45, 7) is 3.91. The Morgan fingerprint density at radius 3 is 3.00 bits per heavy atom. The van der Waals surface area contributed by atoms with E-state index in [0.717, 1.165) is 35.3 Å². The first-order valence-corrected chi connectivity index (χ1v) is 8.52. The Kier molecular flexibility index (Phi) is 3.47. The van der Waals surface area contributed by atoms with Crippen molar-refractivity contribution in [3.8, 4) is 10.8 Å². The van der Waals surface area contributed by atoms with Crippen molar-refractivity contribution in [1.29, 1.82) is 0 Å². The molecule has 1 aromatic carbocycles. The van der Waals surface area contributed by atoms with Gasteiger partial charge in [0.05, 0.1) is 11.4 Å². The van der Waals surface area contributed by atoms with Crippen LogP contribution in [0.25, 0.3) is 10.8 Å². The average Bonchev–Trinajstić information content (AvgIpc) is 3.18. The molecule has 1 aliphatic rings. The highest BCUT2D eigenvalue weighted by atomic mass is 32.1. The molecule has 0 spiro atoms. The van der Waals surface area contributed by atoms with Crippen LogP contribution in [0, 0.1) is 6.92 Å². The van der Waals surface area contributed by atoms with Crippen molar-refractivity contribution in [2.24, 2.45) is 0 Å². The maximum Gasteiger partial charge on any atom is 0.236 e. The molecule has 0 aliphatic carbocycles. The molecular weight excluding hydrogens is 292 g/mol. The number of anilines is 1. The number of benzene rings is 1. The quantitative estimate of drug-likeness (QED) is 0.704. The summed E-state index contributed by atoms with van der Waals surface area (Å²) in [4.78, 5) is 8.23. The zero-order valence-corrected chi connectivity index (χ0v) is 13.4. The van der Waals surface area contributed by atoms with Crippen LogP contribution in [0.5, 0.6) is 0 Å². The van der Waals surface area contributed by atoms with Crippen LogP contribution in [0.4, 0.5) is 5.69 Å². The molecule has 4 heteroatoms. The number of hydrogen-bond donors (Lipinski definition) is 0. The minimum absolute atomic E-state index is 0.743. The predicted molar refractivity (Wildman–Crippen MR) is 90.4 cm³/mol. The van der Waals surface area contributed by atoms with Crippen molar-refractivity contribution in [2.45, 2.75) is 26.3 Å². The van der Waals surface area contributed by atoms with Crippen LogP contribution in [-0.2, 0) is 13.0 Å². The zero-order chi connectivity index (χ0) is 14.9. The molecule has 0 radical (unpaired) electrons. The Bertz CT molecular complexity index is 776. The number of fused-ring (bicyclic) bond motifs is 1. The second-order valence-corrected chi connectivity index (χ2v) is 6.60. The smallest absolute Gasteiger partial charge is 0.236 e. The molecule has 1 aliphatic heterocycles. The molecule has 4 rings (SSSR count). The molecule has 0 unspecified atom stereocenters. The third-order valence-corrected chi connectivity index (χ3v) is 5.03. The molecule has 3 nitrogen and oxygen atoms in total. The van der Waals surface area contributed by atoms with Gasteiger partial charge in [-0.15, -0.1) is 11.3 Å². The van der Waals surface area contributed by atoms with E-state index in [1.54, 1.807) is 11.3 Å². The summed E-state index contributed by atoms with van der Waals surface area (Å²) >= 11 is 1.66. The Hall–Kier alpha value is -2.07. The van der Waals surface area contributed by atoms with Crippen molar-refractivity contribution in [3.05, 3.63) is 58.8 Å². The summed E-state index contributed by atoms with van der Waals surface area (Å²) in [5.74, 6) is 1.67. The zero-order valence-electron chi connectivity index (χ0n) is 12.6. The van der Waals surface area contributed by atoms with E-state index in [4.69, 9.17) is 9.40 Å². The number of oxazole rings is 1. The van der Waals surface area contributed by atoms with Gasteiger partial charge in [-0.25, -0.2) is 4.98 Å². The lowest BCUT2D eigenvalue weighted by Gasteiger charge is -2.30. The van der Waals surface area contributed by atoms with Gasteiger partial charge in [0.25, 0.3) is 0 Å². The Morgan fingerprint density at radius 2 is 2.14 bits per heavy atom. The lowest BCUT2D eigenvalue weighted by atomic mass is 10.0. The molecule has 0 amide bonds. The molecule has 0 saturated heterocycles. The van der Waals surface area contributed by atoms with Crippen molar-refractivity contribution in [1.82, 2.24) is 4.98 Å². The minimum Gasteiger partial charge on any atom is -0.440 e. The Morgan fingerprint density at radius 1 is 1.23 bits per heavy atom. The number of thiophene rings is 1. The van der Waals surface area contributed by atoms with Crippen molar-refractivity contribution in [2.75, 3.05) is 11.4 Å². The van der Waals surface area contributed by atoms with Gasteiger partial charge in [-0.2, -0.15) is 0 Å². The highest BCUT2D eigenvalue weighted by Gasteiger charge is 2.20. The van der Waals surface area contributed by atoms with Crippen molar-refractivity contribution < 1.29 is 4.42 Å². The van der Waals surface area contributed by atoms with Gasteiger partial charge in [-0.05, 0) is 42.8 Å². The Labute approximate surface area is 134 Å².